The Morgan fingerprint density at radius 2 is 2.00 bits per heavy atom. The highest BCUT2D eigenvalue weighted by Crippen LogP contribution is 2.29. The quantitative estimate of drug-likeness (QED) is 0.637. The van der Waals surface area contributed by atoms with E-state index in [9.17, 15) is 8.78 Å². The van der Waals surface area contributed by atoms with Gasteiger partial charge in [0.1, 0.15) is 0 Å². The monoisotopic (exact) mass is 303 g/mol. The van der Waals surface area contributed by atoms with E-state index in [2.05, 4.69) is 17.0 Å². The number of methoxy groups -OCH3 is 1. The van der Waals surface area contributed by atoms with Gasteiger partial charge in [0, 0.05) is 19.7 Å². The SMILES string of the molecule is CCCCOCCNCc1ccc(OC)c(OC(F)F)c1. The van der Waals surface area contributed by atoms with Crippen LogP contribution in [0.25, 0.3) is 0 Å². The zero-order valence-corrected chi connectivity index (χ0v) is 12.5. The minimum Gasteiger partial charge on any atom is -0.493 e. The molecule has 4 nitrogen and oxygen atoms in total. The summed E-state index contributed by atoms with van der Waals surface area (Å²) < 4.78 is 39.5. The molecule has 0 heterocycles. The summed E-state index contributed by atoms with van der Waals surface area (Å²) in [6, 6.07) is 4.98. The van der Waals surface area contributed by atoms with Crippen molar-refractivity contribution in [2.75, 3.05) is 26.9 Å². The van der Waals surface area contributed by atoms with Crippen molar-refractivity contribution in [1.29, 1.82) is 0 Å². The number of rotatable bonds is 11. The largest absolute Gasteiger partial charge is 0.493 e. The van der Waals surface area contributed by atoms with Crippen LogP contribution in [-0.2, 0) is 11.3 Å². The van der Waals surface area contributed by atoms with Crippen molar-refractivity contribution in [3.8, 4) is 11.5 Å². The lowest BCUT2D eigenvalue weighted by Crippen LogP contribution is -2.19. The second-order valence-corrected chi connectivity index (χ2v) is 4.51. The average Bonchev–Trinajstić information content (AvgIpc) is 2.46. The molecular formula is C15H23F2NO3. The zero-order valence-electron chi connectivity index (χ0n) is 12.5. The molecule has 0 saturated heterocycles. The maximum Gasteiger partial charge on any atom is 0.387 e. The highest BCUT2D eigenvalue weighted by Gasteiger charge is 2.11. The molecule has 0 aliphatic rings. The molecule has 120 valence electrons. The Morgan fingerprint density at radius 1 is 1.19 bits per heavy atom. The normalized spacial score (nSPS) is 10.9. The number of ether oxygens (including phenoxy) is 3. The third kappa shape index (κ3) is 7.24. The first-order valence-electron chi connectivity index (χ1n) is 7.07. The van der Waals surface area contributed by atoms with E-state index in [1.807, 2.05) is 6.07 Å². The van der Waals surface area contributed by atoms with Crippen molar-refractivity contribution in [1.82, 2.24) is 5.32 Å². The summed E-state index contributed by atoms with van der Waals surface area (Å²) in [6.07, 6.45) is 2.18. The Bertz CT molecular complexity index is 403. The minimum absolute atomic E-state index is 0.0472. The van der Waals surface area contributed by atoms with Crippen LogP contribution in [0.2, 0.25) is 0 Å². The lowest BCUT2D eigenvalue weighted by atomic mass is 10.2. The molecule has 6 heteroatoms. The summed E-state index contributed by atoms with van der Waals surface area (Å²) in [5, 5.41) is 3.19. The van der Waals surface area contributed by atoms with Gasteiger partial charge in [0.05, 0.1) is 13.7 Å². The summed E-state index contributed by atoms with van der Waals surface area (Å²) in [7, 11) is 1.42. The summed E-state index contributed by atoms with van der Waals surface area (Å²) in [5.74, 6) is 0.341. The first kappa shape index (κ1) is 17.7. The van der Waals surface area contributed by atoms with Crippen LogP contribution in [0.3, 0.4) is 0 Å². The first-order valence-corrected chi connectivity index (χ1v) is 7.07. The lowest BCUT2D eigenvalue weighted by Gasteiger charge is -2.12. The van der Waals surface area contributed by atoms with Gasteiger partial charge in [-0.25, -0.2) is 0 Å². The van der Waals surface area contributed by atoms with E-state index in [-0.39, 0.29) is 5.75 Å². The van der Waals surface area contributed by atoms with Crippen LogP contribution in [-0.4, -0.2) is 33.5 Å². The number of alkyl halides is 2. The van der Waals surface area contributed by atoms with Crippen LogP contribution in [0, 0.1) is 0 Å². The van der Waals surface area contributed by atoms with Crippen molar-refractivity contribution in [2.24, 2.45) is 0 Å². The Balaban J connectivity index is 2.37. The molecule has 0 aliphatic heterocycles. The molecule has 0 atom stereocenters. The second-order valence-electron chi connectivity index (χ2n) is 4.51. The third-order valence-corrected chi connectivity index (χ3v) is 2.84. The molecular weight excluding hydrogens is 280 g/mol. The molecule has 0 spiro atoms. The molecule has 0 unspecified atom stereocenters. The van der Waals surface area contributed by atoms with Gasteiger partial charge in [0.15, 0.2) is 11.5 Å². The highest BCUT2D eigenvalue weighted by molar-refractivity contribution is 5.42. The molecule has 0 saturated carbocycles. The third-order valence-electron chi connectivity index (χ3n) is 2.84. The Morgan fingerprint density at radius 3 is 2.67 bits per heavy atom. The van der Waals surface area contributed by atoms with Crippen molar-refractivity contribution in [3.63, 3.8) is 0 Å². The van der Waals surface area contributed by atoms with Gasteiger partial charge in [-0.1, -0.05) is 19.4 Å². The topological polar surface area (TPSA) is 39.7 Å². The number of unbranched alkanes of at least 4 members (excludes halogenated alkanes) is 1. The van der Waals surface area contributed by atoms with Crippen molar-refractivity contribution < 1.29 is 23.0 Å². The summed E-state index contributed by atoms with van der Waals surface area (Å²) in [4.78, 5) is 0. The Kier molecular flexibility index (Phi) is 8.69. The fourth-order valence-corrected chi connectivity index (χ4v) is 1.74. The van der Waals surface area contributed by atoms with E-state index in [1.54, 1.807) is 12.1 Å². The van der Waals surface area contributed by atoms with Crippen molar-refractivity contribution in [3.05, 3.63) is 23.8 Å². The zero-order chi connectivity index (χ0) is 15.5. The second kappa shape index (κ2) is 10.3. The van der Waals surface area contributed by atoms with Gasteiger partial charge in [-0.3, -0.25) is 0 Å². The van der Waals surface area contributed by atoms with E-state index < -0.39 is 6.61 Å². The molecule has 1 rings (SSSR count). The lowest BCUT2D eigenvalue weighted by molar-refractivity contribution is -0.0512. The number of halogens is 2. The van der Waals surface area contributed by atoms with E-state index in [0.29, 0.717) is 25.4 Å². The van der Waals surface area contributed by atoms with Gasteiger partial charge >= 0.3 is 6.61 Å². The molecule has 1 N–H and O–H groups in total. The molecule has 0 fully saturated rings. The molecule has 0 aliphatic carbocycles. The van der Waals surface area contributed by atoms with Crippen LogP contribution in [0.5, 0.6) is 11.5 Å². The molecule has 0 amide bonds. The van der Waals surface area contributed by atoms with E-state index >= 15 is 0 Å². The number of hydrogen-bond donors (Lipinski definition) is 1. The first-order chi connectivity index (χ1) is 10.2. The molecule has 21 heavy (non-hydrogen) atoms. The molecule has 1 aromatic rings. The number of nitrogens with one attached hydrogen (secondary N) is 1. The Hall–Kier alpha value is -1.40. The van der Waals surface area contributed by atoms with Gasteiger partial charge in [-0.05, 0) is 24.1 Å². The fraction of sp³-hybridized carbons (Fsp3) is 0.600. The predicted molar refractivity (Wildman–Crippen MR) is 77.1 cm³/mol. The van der Waals surface area contributed by atoms with Crippen molar-refractivity contribution >= 4 is 0 Å². The van der Waals surface area contributed by atoms with Crippen molar-refractivity contribution in [2.45, 2.75) is 32.9 Å². The van der Waals surface area contributed by atoms with E-state index in [0.717, 1.165) is 25.0 Å². The maximum absolute atomic E-state index is 12.3. The standard InChI is InChI=1S/C15H23F2NO3/c1-3-4-8-20-9-7-18-11-12-5-6-13(19-2)14(10-12)21-15(16)17/h5-6,10,15,18H,3-4,7-9,11H2,1-2H3. The van der Waals surface area contributed by atoms with Crippen LogP contribution < -0.4 is 14.8 Å². The van der Waals surface area contributed by atoms with E-state index in [4.69, 9.17) is 9.47 Å². The minimum atomic E-state index is -2.87. The van der Waals surface area contributed by atoms with E-state index in [1.165, 1.54) is 7.11 Å². The molecule has 0 radical (unpaired) electrons. The van der Waals surface area contributed by atoms with Gasteiger partial charge < -0.3 is 19.5 Å². The van der Waals surface area contributed by atoms with Gasteiger partial charge in [-0.15, -0.1) is 0 Å². The summed E-state index contributed by atoms with van der Waals surface area (Å²) >= 11 is 0. The number of benzene rings is 1. The maximum atomic E-state index is 12.3. The van der Waals surface area contributed by atoms with Gasteiger partial charge in [0.25, 0.3) is 0 Å². The molecule has 0 bridgehead atoms. The molecule has 1 aromatic carbocycles. The molecule has 0 aromatic heterocycles. The smallest absolute Gasteiger partial charge is 0.387 e. The summed E-state index contributed by atoms with van der Waals surface area (Å²) in [6.45, 7) is 1.92. The Labute approximate surface area is 124 Å². The fourth-order valence-electron chi connectivity index (χ4n) is 1.74. The van der Waals surface area contributed by atoms with Crippen LogP contribution in [0.4, 0.5) is 8.78 Å². The van der Waals surface area contributed by atoms with Crippen LogP contribution in [0.1, 0.15) is 25.3 Å². The number of hydrogen-bond acceptors (Lipinski definition) is 4. The van der Waals surface area contributed by atoms with Crippen LogP contribution in [0.15, 0.2) is 18.2 Å². The predicted octanol–water partition coefficient (Wildman–Crippen LogP) is 3.20. The summed E-state index contributed by atoms with van der Waals surface area (Å²) in [5.41, 5.74) is 0.847. The van der Waals surface area contributed by atoms with Crippen LogP contribution >= 0.6 is 0 Å². The highest BCUT2D eigenvalue weighted by atomic mass is 19.3. The van der Waals surface area contributed by atoms with Gasteiger partial charge in [-0.2, -0.15) is 8.78 Å². The van der Waals surface area contributed by atoms with Gasteiger partial charge in [0.2, 0.25) is 0 Å². The average molecular weight is 303 g/mol.